The average Bonchev–Trinajstić information content (AvgIpc) is 3.29. The van der Waals surface area contributed by atoms with Crippen molar-refractivity contribution in [3.8, 4) is 0 Å². The Hall–Kier alpha value is -2.34. The molecule has 1 aliphatic carbocycles. The summed E-state index contributed by atoms with van der Waals surface area (Å²) >= 11 is 5.92. The van der Waals surface area contributed by atoms with E-state index in [9.17, 15) is 0 Å². The Bertz CT molecular complexity index is 937. The number of aryl methyl sites for hydroxylation is 1. The van der Waals surface area contributed by atoms with Crippen LogP contribution >= 0.6 is 11.6 Å². The summed E-state index contributed by atoms with van der Waals surface area (Å²) < 4.78 is 2.29. The van der Waals surface area contributed by atoms with Gasteiger partial charge in [0.25, 0.3) is 0 Å². The van der Waals surface area contributed by atoms with Gasteiger partial charge in [-0.15, -0.1) is 0 Å². The van der Waals surface area contributed by atoms with E-state index in [-0.39, 0.29) is 0 Å². The molecule has 27 heavy (non-hydrogen) atoms. The molecule has 6 nitrogen and oxygen atoms in total. The zero-order valence-corrected chi connectivity index (χ0v) is 16.1. The molecule has 0 amide bonds. The third-order valence-corrected chi connectivity index (χ3v) is 5.99. The van der Waals surface area contributed by atoms with Gasteiger partial charge in [-0.1, -0.05) is 24.4 Å². The van der Waals surface area contributed by atoms with Crippen LogP contribution in [-0.4, -0.2) is 19.5 Å². The molecule has 0 aliphatic heterocycles. The van der Waals surface area contributed by atoms with E-state index >= 15 is 0 Å². The maximum absolute atomic E-state index is 5.96. The van der Waals surface area contributed by atoms with Crippen molar-refractivity contribution in [2.24, 2.45) is 5.92 Å². The number of aromatic nitrogens is 4. The Morgan fingerprint density at radius 3 is 2.81 bits per heavy atom. The molecule has 1 fully saturated rings. The second-order valence-electron chi connectivity index (χ2n) is 7.47. The molecule has 7 heteroatoms. The van der Waals surface area contributed by atoms with Gasteiger partial charge in [0.1, 0.15) is 23.6 Å². The van der Waals surface area contributed by atoms with E-state index in [1.54, 1.807) is 6.33 Å². The smallest absolute Gasteiger partial charge is 0.145 e. The van der Waals surface area contributed by atoms with E-state index in [4.69, 9.17) is 23.1 Å². The molecular weight excluding hydrogens is 360 g/mol. The zero-order chi connectivity index (χ0) is 18.8. The molecule has 3 aromatic heterocycles. The number of nitrogens with two attached hydrogens (primary N) is 2. The maximum atomic E-state index is 5.96. The van der Waals surface area contributed by atoms with Crippen LogP contribution in [0.15, 0.2) is 30.7 Å². The summed E-state index contributed by atoms with van der Waals surface area (Å²) in [7, 11) is 0. The second kappa shape index (κ2) is 7.72. The molecular formula is C20H25ClN6. The maximum Gasteiger partial charge on any atom is 0.145 e. The molecule has 1 saturated carbocycles. The lowest BCUT2D eigenvalue weighted by atomic mass is 9.99. The molecule has 0 bridgehead atoms. The summed E-state index contributed by atoms with van der Waals surface area (Å²) in [4.78, 5) is 12.9. The van der Waals surface area contributed by atoms with E-state index < -0.39 is 0 Å². The van der Waals surface area contributed by atoms with E-state index in [0.29, 0.717) is 22.7 Å². The fourth-order valence-corrected chi connectivity index (χ4v) is 4.33. The monoisotopic (exact) mass is 384 g/mol. The minimum absolute atomic E-state index is 0.427. The zero-order valence-electron chi connectivity index (χ0n) is 15.3. The molecule has 4 N–H and O–H groups in total. The Balaban J connectivity index is 1.28. The lowest BCUT2D eigenvalue weighted by Gasteiger charge is -2.14. The summed E-state index contributed by atoms with van der Waals surface area (Å²) in [6.45, 7) is 0. The normalized spacial score (nSPS) is 19.7. The van der Waals surface area contributed by atoms with Gasteiger partial charge < -0.3 is 16.0 Å². The molecule has 0 aromatic carbocycles. The van der Waals surface area contributed by atoms with Gasteiger partial charge in [0.2, 0.25) is 0 Å². The highest BCUT2D eigenvalue weighted by Crippen LogP contribution is 2.39. The van der Waals surface area contributed by atoms with E-state index in [1.165, 1.54) is 32.1 Å². The Kier molecular flexibility index (Phi) is 5.16. The van der Waals surface area contributed by atoms with Gasteiger partial charge in [0, 0.05) is 17.9 Å². The van der Waals surface area contributed by atoms with E-state index in [1.807, 2.05) is 18.2 Å². The fourth-order valence-electron chi connectivity index (χ4n) is 4.23. The first-order valence-electron chi connectivity index (χ1n) is 9.59. The average molecular weight is 385 g/mol. The van der Waals surface area contributed by atoms with Crippen molar-refractivity contribution in [2.75, 3.05) is 11.5 Å². The first kappa shape index (κ1) is 18.0. The van der Waals surface area contributed by atoms with Crippen molar-refractivity contribution in [1.82, 2.24) is 19.5 Å². The van der Waals surface area contributed by atoms with Gasteiger partial charge >= 0.3 is 0 Å². The van der Waals surface area contributed by atoms with E-state index in [0.717, 1.165) is 35.5 Å². The topological polar surface area (TPSA) is 95.6 Å². The number of unbranched alkanes of at least 4 members (excludes halogenated alkanes) is 1. The first-order chi connectivity index (χ1) is 13.1. The summed E-state index contributed by atoms with van der Waals surface area (Å²) in [5.74, 6) is 1.76. The number of hydrogen-bond donors (Lipinski definition) is 2. The SMILES string of the molecule is Nc1nc(CCCCC2CCC(n3ccc4c(N)ncnc43)C2)ccc1Cl. The van der Waals surface area contributed by atoms with Crippen molar-refractivity contribution < 1.29 is 0 Å². The van der Waals surface area contributed by atoms with Crippen molar-refractivity contribution >= 4 is 34.3 Å². The highest BCUT2D eigenvalue weighted by atomic mass is 35.5. The quantitative estimate of drug-likeness (QED) is 0.614. The summed E-state index contributed by atoms with van der Waals surface area (Å²) in [6, 6.07) is 6.34. The molecule has 0 spiro atoms. The number of hydrogen-bond acceptors (Lipinski definition) is 5. The molecule has 2 atom stereocenters. The lowest BCUT2D eigenvalue weighted by Crippen LogP contribution is -2.06. The Morgan fingerprint density at radius 1 is 1.07 bits per heavy atom. The van der Waals surface area contributed by atoms with Gasteiger partial charge in [-0.2, -0.15) is 0 Å². The van der Waals surface area contributed by atoms with Crippen LogP contribution < -0.4 is 11.5 Å². The second-order valence-corrected chi connectivity index (χ2v) is 7.87. The minimum atomic E-state index is 0.427. The predicted molar refractivity (Wildman–Crippen MR) is 110 cm³/mol. The number of nitrogens with zero attached hydrogens (tertiary/aromatic N) is 4. The van der Waals surface area contributed by atoms with Crippen molar-refractivity contribution in [2.45, 2.75) is 51.0 Å². The standard InChI is InChI=1S/C20H25ClN6/c21-17-8-6-14(26-19(17)23)4-2-1-3-13-5-7-15(11-13)27-10-9-16-18(22)24-12-25-20(16)27/h6,8-10,12-13,15H,1-5,7,11H2,(H2,23,26)(H2,22,24,25). The molecule has 3 aromatic rings. The minimum Gasteiger partial charge on any atom is -0.383 e. The largest absolute Gasteiger partial charge is 0.383 e. The van der Waals surface area contributed by atoms with Gasteiger partial charge in [0.15, 0.2) is 0 Å². The van der Waals surface area contributed by atoms with Crippen LogP contribution in [0.4, 0.5) is 11.6 Å². The third-order valence-electron chi connectivity index (χ3n) is 5.67. The summed E-state index contributed by atoms with van der Waals surface area (Å²) in [5, 5.41) is 1.48. The molecule has 1 aliphatic rings. The van der Waals surface area contributed by atoms with Crippen LogP contribution in [0, 0.1) is 5.92 Å². The fraction of sp³-hybridized carbons (Fsp3) is 0.450. The number of halogens is 1. The predicted octanol–water partition coefficient (Wildman–Crippen LogP) is 4.40. The van der Waals surface area contributed by atoms with Crippen molar-refractivity contribution in [1.29, 1.82) is 0 Å². The van der Waals surface area contributed by atoms with Crippen LogP contribution in [0.2, 0.25) is 5.02 Å². The molecule has 2 unspecified atom stereocenters. The number of anilines is 2. The number of rotatable bonds is 6. The molecule has 4 rings (SSSR count). The molecule has 0 saturated heterocycles. The highest BCUT2D eigenvalue weighted by Gasteiger charge is 2.26. The third kappa shape index (κ3) is 3.86. The van der Waals surface area contributed by atoms with Crippen LogP contribution in [-0.2, 0) is 6.42 Å². The first-order valence-corrected chi connectivity index (χ1v) is 9.97. The van der Waals surface area contributed by atoms with Gasteiger partial charge in [-0.3, -0.25) is 0 Å². The highest BCUT2D eigenvalue weighted by molar-refractivity contribution is 6.32. The lowest BCUT2D eigenvalue weighted by molar-refractivity contribution is 0.443. The van der Waals surface area contributed by atoms with Gasteiger partial charge in [-0.05, 0) is 56.2 Å². The molecule has 142 valence electrons. The van der Waals surface area contributed by atoms with Gasteiger partial charge in [-0.25, -0.2) is 15.0 Å². The van der Waals surface area contributed by atoms with Crippen LogP contribution in [0.25, 0.3) is 11.0 Å². The Morgan fingerprint density at radius 2 is 1.96 bits per heavy atom. The van der Waals surface area contributed by atoms with Crippen LogP contribution in [0.1, 0.15) is 50.3 Å². The summed E-state index contributed by atoms with van der Waals surface area (Å²) in [5.41, 5.74) is 13.7. The molecule has 0 radical (unpaired) electrons. The Labute approximate surface area is 164 Å². The number of nitrogen functional groups attached to an aromatic ring is 2. The van der Waals surface area contributed by atoms with Gasteiger partial charge in [0.05, 0.1) is 10.4 Å². The number of pyridine rings is 1. The van der Waals surface area contributed by atoms with Crippen molar-refractivity contribution in [3.63, 3.8) is 0 Å². The van der Waals surface area contributed by atoms with Crippen molar-refractivity contribution in [3.05, 3.63) is 41.4 Å². The number of fused-ring (bicyclic) bond motifs is 1. The van der Waals surface area contributed by atoms with Crippen LogP contribution in [0.5, 0.6) is 0 Å². The van der Waals surface area contributed by atoms with E-state index in [2.05, 4.69) is 25.7 Å². The molecule has 3 heterocycles. The van der Waals surface area contributed by atoms with Crippen LogP contribution in [0.3, 0.4) is 0 Å². The summed E-state index contributed by atoms with van der Waals surface area (Å²) in [6.07, 6.45) is 11.9.